The molecule has 0 spiro atoms. The van der Waals surface area contributed by atoms with E-state index in [2.05, 4.69) is 15.5 Å². The molecular formula is C34H27ClF6N4O4. The summed E-state index contributed by atoms with van der Waals surface area (Å²) in [7, 11) is 0. The zero-order valence-corrected chi connectivity index (χ0v) is 26.3. The smallest absolute Gasteiger partial charge is 0.353 e. The fraction of sp³-hybridized carbons (Fsp3) is 0.294. The maximum atomic E-state index is 13.9. The highest BCUT2D eigenvalue weighted by Crippen LogP contribution is 2.39. The normalized spacial score (nSPS) is 15.4. The van der Waals surface area contributed by atoms with E-state index in [9.17, 15) is 31.1 Å². The van der Waals surface area contributed by atoms with Crippen LogP contribution in [0.1, 0.15) is 57.8 Å². The van der Waals surface area contributed by atoms with Gasteiger partial charge in [0, 0.05) is 24.2 Å². The predicted molar refractivity (Wildman–Crippen MR) is 165 cm³/mol. The Morgan fingerprint density at radius 1 is 0.939 bits per heavy atom. The first kappa shape index (κ1) is 34.3. The predicted octanol–water partition coefficient (Wildman–Crippen LogP) is 8.66. The van der Waals surface area contributed by atoms with Gasteiger partial charge in [-0.25, -0.2) is 4.68 Å². The second-order valence-electron chi connectivity index (χ2n) is 11.3. The Kier molecular flexibility index (Phi) is 9.91. The summed E-state index contributed by atoms with van der Waals surface area (Å²) in [6.07, 6.45) is -7.78. The number of nitrogens with zero attached hydrogens (tertiary/aromatic N) is 4. The van der Waals surface area contributed by atoms with Gasteiger partial charge in [0.2, 0.25) is 11.5 Å². The van der Waals surface area contributed by atoms with Crippen molar-refractivity contribution < 1.29 is 45.1 Å². The van der Waals surface area contributed by atoms with E-state index in [0.717, 1.165) is 12.8 Å². The van der Waals surface area contributed by atoms with Gasteiger partial charge in [0.1, 0.15) is 5.69 Å². The SMILES string of the molecule is O=C(c1ccccc1Cl)c1onc(CCOC2CCCCO2)c1-c1nnn(Cc2cc(C(F)(F)F)cc(C(F)(F)F)c2)c1-c1ccccc1. The standard InChI is InChI=1S/C34H27ClF6N4O4/c35-25-11-5-4-10-24(25)31(46)32-28(26(43-49-32)13-15-48-27-12-6-7-14-47-27)29-30(21-8-2-1-3-9-21)45(44-42-29)19-20-16-22(33(36,37)38)18-23(17-20)34(39,40)41/h1-5,8-11,16-18,27H,6-7,12-15,19H2. The summed E-state index contributed by atoms with van der Waals surface area (Å²) in [6, 6.07) is 16.0. The van der Waals surface area contributed by atoms with Crippen molar-refractivity contribution in [2.24, 2.45) is 0 Å². The third kappa shape index (κ3) is 7.71. The van der Waals surface area contributed by atoms with Crippen molar-refractivity contribution in [3.63, 3.8) is 0 Å². The summed E-state index contributed by atoms with van der Waals surface area (Å²) in [5.41, 5.74) is -2.04. The minimum absolute atomic E-state index is 0.0603. The average Bonchev–Trinajstić information content (AvgIpc) is 3.68. The Balaban J connectivity index is 1.47. The molecule has 0 radical (unpaired) electrons. The van der Waals surface area contributed by atoms with E-state index in [4.69, 9.17) is 25.6 Å². The summed E-state index contributed by atoms with van der Waals surface area (Å²) in [4.78, 5) is 13.9. The number of benzene rings is 3. The third-order valence-electron chi connectivity index (χ3n) is 7.87. The van der Waals surface area contributed by atoms with Gasteiger partial charge in [-0.05, 0) is 55.2 Å². The number of rotatable bonds is 10. The number of alkyl halides is 6. The van der Waals surface area contributed by atoms with Crippen molar-refractivity contribution in [3.8, 4) is 22.5 Å². The summed E-state index contributed by atoms with van der Waals surface area (Å²) in [6.45, 7) is 0.167. The van der Waals surface area contributed by atoms with Crippen molar-refractivity contribution in [2.45, 2.75) is 50.9 Å². The van der Waals surface area contributed by atoms with Crippen LogP contribution >= 0.6 is 11.6 Å². The molecule has 2 aromatic heterocycles. The van der Waals surface area contributed by atoms with Gasteiger partial charge in [0.25, 0.3) is 0 Å². The molecule has 1 aliphatic rings. The van der Waals surface area contributed by atoms with Gasteiger partial charge < -0.3 is 14.0 Å². The molecule has 0 bridgehead atoms. The van der Waals surface area contributed by atoms with Gasteiger partial charge in [-0.1, -0.05) is 64.4 Å². The molecule has 0 N–H and O–H groups in total. The molecule has 8 nitrogen and oxygen atoms in total. The molecule has 6 rings (SSSR count). The van der Waals surface area contributed by atoms with E-state index in [0.29, 0.717) is 30.7 Å². The molecule has 256 valence electrons. The lowest BCUT2D eigenvalue weighted by atomic mass is 9.98. The van der Waals surface area contributed by atoms with Crippen LogP contribution in [0.15, 0.2) is 77.3 Å². The molecule has 3 aromatic carbocycles. The molecule has 0 amide bonds. The van der Waals surface area contributed by atoms with E-state index in [1.54, 1.807) is 42.5 Å². The lowest BCUT2D eigenvalue weighted by Crippen LogP contribution is -2.23. The summed E-state index contributed by atoms with van der Waals surface area (Å²) in [5.74, 6) is -0.864. The van der Waals surface area contributed by atoms with Crippen LogP contribution in [0.5, 0.6) is 0 Å². The first-order valence-corrected chi connectivity index (χ1v) is 15.6. The van der Waals surface area contributed by atoms with Crippen LogP contribution in [0.4, 0.5) is 26.3 Å². The largest absolute Gasteiger partial charge is 0.416 e. The molecule has 0 saturated carbocycles. The van der Waals surface area contributed by atoms with Crippen LogP contribution in [0.2, 0.25) is 5.02 Å². The molecule has 1 unspecified atom stereocenters. The lowest BCUT2D eigenvalue weighted by Gasteiger charge is -2.22. The first-order chi connectivity index (χ1) is 23.4. The number of carbonyl (C=O) groups excluding carboxylic acids is 1. The number of aromatic nitrogens is 4. The molecule has 5 aromatic rings. The number of ether oxygens (including phenoxy) is 2. The maximum Gasteiger partial charge on any atom is 0.416 e. The van der Waals surface area contributed by atoms with Crippen LogP contribution in [0.3, 0.4) is 0 Å². The van der Waals surface area contributed by atoms with E-state index in [1.807, 2.05) is 0 Å². The molecule has 1 atom stereocenters. The molecule has 1 aliphatic heterocycles. The Morgan fingerprint density at radius 2 is 1.63 bits per heavy atom. The first-order valence-electron chi connectivity index (χ1n) is 15.2. The molecular weight excluding hydrogens is 678 g/mol. The van der Waals surface area contributed by atoms with Gasteiger partial charge >= 0.3 is 12.4 Å². The Morgan fingerprint density at radius 3 is 2.29 bits per heavy atom. The van der Waals surface area contributed by atoms with E-state index in [1.165, 1.54) is 16.8 Å². The zero-order chi connectivity index (χ0) is 34.8. The zero-order valence-electron chi connectivity index (χ0n) is 25.5. The van der Waals surface area contributed by atoms with Crippen LogP contribution in [0.25, 0.3) is 22.5 Å². The number of carbonyl (C=O) groups is 1. The van der Waals surface area contributed by atoms with Gasteiger partial charge in [0.15, 0.2) is 6.29 Å². The van der Waals surface area contributed by atoms with Gasteiger partial charge in [-0.2, -0.15) is 26.3 Å². The summed E-state index contributed by atoms with van der Waals surface area (Å²) < 4.78 is 100. The molecule has 3 heterocycles. The van der Waals surface area contributed by atoms with Crippen LogP contribution in [0, 0.1) is 0 Å². The number of halogens is 7. The van der Waals surface area contributed by atoms with Crippen LogP contribution in [-0.4, -0.2) is 45.4 Å². The molecule has 49 heavy (non-hydrogen) atoms. The van der Waals surface area contributed by atoms with E-state index >= 15 is 0 Å². The third-order valence-corrected chi connectivity index (χ3v) is 8.20. The highest BCUT2D eigenvalue weighted by molar-refractivity contribution is 6.35. The van der Waals surface area contributed by atoms with Crippen molar-refractivity contribution in [2.75, 3.05) is 13.2 Å². The van der Waals surface area contributed by atoms with Gasteiger partial charge in [-0.3, -0.25) is 4.79 Å². The van der Waals surface area contributed by atoms with Crippen molar-refractivity contribution in [3.05, 3.63) is 112 Å². The summed E-state index contributed by atoms with van der Waals surface area (Å²) in [5, 5.41) is 12.8. The van der Waals surface area contributed by atoms with Crippen LogP contribution in [-0.2, 0) is 34.8 Å². The minimum Gasteiger partial charge on any atom is -0.353 e. The topological polar surface area (TPSA) is 92.3 Å². The van der Waals surface area contributed by atoms with Crippen LogP contribution < -0.4 is 0 Å². The minimum atomic E-state index is -5.04. The Hall–Kier alpha value is -4.53. The second kappa shape index (κ2) is 14.1. The van der Waals surface area contributed by atoms with Gasteiger partial charge in [-0.15, -0.1) is 5.10 Å². The number of hydrogen-bond acceptors (Lipinski definition) is 7. The monoisotopic (exact) mass is 704 g/mol. The van der Waals surface area contributed by atoms with Crippen molar-refractivity contribution in [1.29, 1.82) is 0 Å². The van der Waals surface area contributed by atoms with Crippen molar-refractivity contribution in [1.82, 2.24) is 20.2 Å². The lowest BCUT2D eigenvalue weighted by molar-refractivity contribution is -0.161. The fourth-order valence-corrected chi connectivity index (χ4v) is 5.77. The average molecular weight is 705 g/mol. The van der Waals surface area contributed by atoms with Crippen molar-refractivity contribution >= 4 is 17.4 Å². The molecule has 15 heteroatoms. The summed E-state index contributed by atoms with van der Waals surface area (Å²) >= 11 is 6.35. The second-order valence-corrected chi connectivity index (χ2v) is 11.7. The van der Waals surface area contributed by atoms with E-state index in [-0.39, 0.29) is 63.6 Å². The Labute approximate surface area is 280 Å². The Bertz CT molecular complexity index is 1900. The molecule has 1 saturated heterocycles. The number of ketones is 1. The highest BCUT2D eigenvalue weighted by Gasteiger charge is 2.37. The molecule has 0 aliphatic carbocycles. The molecule has 1 fully saturated rings. The van der Waals surface area contributed by atoms with Gasteiger partial charge in [0.05, 0.1) is 46.3 Å². The quantitative estimate of drug-likeness (QED) is 0.106. The maximum absolute atomic E-state index is 13.9. The van der Waals surface area contributed by atoms with E-state index < -0.39 is 42.1 Å². The fourth-order valence-electron chi connectivity index (χ4n) is 5.55. The highest BCUT2D eigenvalue weighted by atomic mass is 35.5. The number of hydrogen-bond donors (Lipinski definition) is 0.